The molecule has 0 aliphatic rings. The predicted octanol–water partition coefficient (Wildman–Crippen LogP) is 2.72. The molecule has 1 rings (SSSR count). The molecule has 0 bridgehead atoms. The summed E-state index contributed by atoms with van der Waals surface area (Å²) < 4.78 is 10.4. The van der Waals surface area contributed by atoms with E-state index in [4.69, 9.17) is 9.47 Å². The van der Waals surface area contributed by atoms with Gasteiger partial charge in [-0.15, -0.1) is 0 Å². The van der Waals surface area contributed by atoms with E-state index in [9.17, 15) is 9.59 Å². The van der Waals surface area contributed by atoms with Crippen molar-refractivity contribution in [3.05, 3.63) is 29.8 Å². The molecule has 1 aromatic rings. The lowest BCUT2D eigenvalue weighted by molar-refractivity contribution is -0.117. The van der Waals surface area contributed by atoms with Gasteiger partial charge < -0.3 is 14.8 Å². The average Bonchev–Trinajstić information content (AvgIpc) is 2.35. The molecule has 21 heavy (non-hydrogen) atoms. The number of benzene rings is 1. The highest BCUT2D eigenvalue weighted by atomic mass is 16.6. The second kappa shape index (κ2) is 7.67. The van der Waals surface area contributed by atoms with Gasteiger partial charge in [0.05, 0.1) is 13.2 Å². The fourth-order valence-electron chi connectivity index (χ4n) is 1.69. The summed E-state index contributed by atoms with van der Waals surface area (Å²) in [4.78, 5) is 23.3. The molecule has 0 heterocycles. The standard InChI is InChI=1S/C16H23NO4/c1-5-20-14-8-6-7-12(10-14)9-13(18)11-17-15(19)21-16(2,3)4/h6-8,10H,5,9,11H2,1-4H3,(H,17,19). The van der Waals surface area contributed by atoms with E-state index in [2.05, 4.69) is 5.32 Å². The number of rotatable bonds is 6. The Hall–Kier alpha value is -2.04. The highest BCUT2D eigenvalue weighted by Gasteiger charge is 2.16. The molecule has 0 aromatic heterocycles. The normalized spacial score (nSPS) is 10.9. The minimum atomic E-state index is -0.584. The van der Waals surface area contributed by atoms with Crippen molar-refractivity contribution in [3.63, 3.8) is 0 Å². The van der Waals surface area contributed by atoms with Crippen LogP contribution in [0.4, 0.5) is 4.79 Å². The molecule has 0 aliphatic carbocycles. The maximum Gasteiger partial charge on any atom is 0.408 e. The summed E-state index contributed by atoms with van der Waals surface area (Å²) in [5.74, 6) is 0.650. The fourth-order valence-corrected chi connectivity index (χ4v) is 1.69. The number of carbonyl (C=O) groups is 2. The average molecular weight is 293 g/mol. The number of alkyl carbamates (subject to hydrolysis) is 1. The lowest BCUT2D eigenvalue weighted by atomic mass is 10.1. The molecule has 116 valence electrons. The van der Waals surface area contributed by atoms with Crippen molar-refractivity contribution >= 4 is 11.9 Å². The first-order valence-corrected chi connectivity index (χ1v) is 7.00. The molecular formula is C16H23NO4. The van der Waals surface area contributed by atoms with Crippen molar-refractivity contribution in [1.29, 1.82) is 0 Å². The number of nitrogens with one attached hydrogen (secondary N) is 1. The van der Waals surface area contributed by atoms with Gasteiger partial charge in [0.25, 0.3) is 0 Å². The Labute approximate surface area is 125 Å². The van der Waals surface area contributed by atoms with Gasteiger partial charge in [-0.25, -0.2) is 4.79 Å². The number of Topliss-reactive ketones (excluding diaryl/α,β-unsaturated/α-hetero) is 1. The molecule has 0 radical (unpaired) electrons. The third-order valence-electron chi connectivity index (χ3n) is 2.44. The fraction of sp³-hybridized carbons (Fsp3) is 0.500. The minimum Gasteiger partial charge on any atom is -0.494 e. The van der Waals surface area contributed by atoms with Gasteiger partial charge in [-0.05, 0) is 45.4 Å². The Bertz CT molecular complexity index is 491. The third kappa shape index (κ3) is 7.34. The van der Waals surface area contributed by atoms with Crippen molar-refractivity contribution in [2.24, 2.45) is 0 Å². The zero-order chi connectivity index (χ0) is 15.9. The molecular weight excluding hydrogens is 270 g/mol. The molecule has 1 amide bonds. The topological polar surface area (TPSA) is 64.6 Å². The highest BCUT2D eigenvalue weighted by molar-refractivity contribution is 5.85. The molecule has 1 aromatic carbocycles. The van der Waals surface area contributed by atoms with Gasteiger partial charge in [0.1, 0.15) is 11.4 Å². The number of hydrogen-bond acceptors (Lipinski definition) is 4. The van der Waals surface area contributed by atoms with Crippen LogP contribution >= 0.6 is 0 Å². The Kier molecular flexibility index (Phi) is 6.21. The molecule has 0 saturated carbocycles. The van der Waals surface area contributed by atoms with Crippen LogP contribution in [-0.2, 0) is 16.0 Å². The second-order valence-corrected chi connectivity index (χ2v) is 5.65. The molecule has 0 saturated heterocycles. The SMILES string of the molecule is CCOc1cccc(CC(=O)CNC(=O)OC(C)(C)C)c1. The van der Waals surface area contributed by atoms with Crippen LogP contribution in [0, 0.1) is 0 Å². The van der Waals surface area contributed by atoms with Crippen LogP contribution in [0.25, 0.3) is 0 Å². The Morgan fingerprint density at radius 2 is 1.95 bits per heavy atom. The van der Waals surface area contributed by atoms with Gasteiger partial charge in [0.2, 0.25) is 0 Å². The molecule has 0 unspecified atom stereocenters. The van der Waals surface area contributed by atoms with Crippen molar-refractivity contribution < 1.29 is 19.1 Å². The monoisotopic (exact) mass is 293 g/mol. The first-order valence-electron chi connectivity index (χ1n) is 7.00. The molecule has 5 nitrogen and oxygen atoms in total. The van der Waals surface area contributed by atoms with E-state index in [0.717, 1.165) is 11.3 Å². The van der Waals surface area contributed by atoms with Crippen LogP contribution in [0.2, 0.25) is 0 Å². The van der Waals surface area contributed by atoms with Crippen molar-refractivity contribution in [1.82, 2.24) is 5.32 Å². The van der Waals surface area contributed by atoms with Crippen molar-refractivity contribution in [2.75, 3.05) is 13.2 Å². The summed E-state index contributed by atoms with van der Waals surface area (Å²) in [5, 5.41) is 2.46. The second-order valence-electron chi connectivity index (χ2n) is 5.65. The van der Waals surface area contributed by atoms with Gasteiger partial charge in [0, 0.05) is 6.42 Å². The Morgan fingerprint density at radius 1 is 1.24 bits per heavy atom. The third-order valence-corrected chi connectivity index (χ3v) is 2.44. The first kappa shape index (κ1) is 17.0. The number of ether oxygens (including phenoxy) is 2. The van der Waals surface area contributed by atoms with E-state index in [1.165, 1.54) is 0 Å². The van der Waals surface area contributed by atoms with Crippen LogP contribution in [0.3, 0.4) is 0 Å². The van der Waals surface area contributed by atoms with Crippen LogP contribution in [-0.4, -0.2) is 30.6 Å². The molecule has 0 spiro atoms. The number of ketones is 1. The summed E-state index contributed by atoms with van der Waals surface area (Å²) >= 11 is 0. The van der Waals surface area contributed by atoms with Crippen LogP contribution < -0.4 is 10.1 Å². The summed E-state index contributed by atoms with van der Waals surface area (Å²) in [6.07, 6.45) is -0.338. The maximum absolute atomic E-state index is 11.8. The molecule has 1 N–H and O–H groups in total. The molecule has 5 heteroatoms. The smallest absolute Gasteiger partial charge is 0.408 e. The van der Waals surface area contributed by atoms with E-state index >= 15 is 0 Å². The van der Waals surface area contributed by atoms with Gasteiger partial charge in [-0.2, -0.15) is 0 Å². The Balaban J connectivity index is 2.43. The zero-order valence-corrected chi connectivity index (χ0v) is 13.1. The largest absolute Gasteiger partial charge is 0.494 e. The van der Waals surface area contributed by atoms with Crippen molar-refractivity contribution in [2.45, 2.75) is 39.7 Å². The van der Waals surface area contributed by atoms with E-state index in [-0.39, 0.29) is 18.7 Å². The van der Waals surface area contributed by atoms with E-state index < -0.39 is 11.7 Å². The lowest BCUT2D eigenvalue weighted by Gasteiger charge is -2.19. The maximum atomic E-state index is 11.8. The van der Waals surface area contributed by atoms with E-state index in [0.29, 0.717) is 6.61 Å². The van der Waals surface area contributed by atoms with E-state index in [1.807, 2.05) is 31.2 Å². The van der Waals surface area contributed by atoms with E-state index in [1.54, 1.807) is 20.8 Å². The van der Waals surface area contributed by atoms with Gasteiger partial charge in [-0.1, -0.05) is 12.1 Å². The summed E-state index contributed by atoms with van der Waals surface area (Å²) in [7, 11) is 0. The van der Waals surface area contributed by atoms with Gasteiger partial charge in [0.15, 0.2) is 5.78 Å². The van der Waals surface area contributed by atoms with Gasteiger partial charge >= 0.3 is 6.09 Å². The molecule has 0 aliphatic heterocycles. The first-order chi connectivity index (χ1) is 9.80. The zero-order valence-electron chi connectivity index (χ0n) is 13.1. The van der Waals surface area contributed by atoms with Crippen LogP contribution in [0.1, 0.15) is 33.3 Å². The van der Waals surface area contributed by atoms with Crippen LogP contribution in [0.15, 0.2) is 24.3 Å². The van der Waals surface area contributed by atoms with Crippen molar-refractivity contribution in [3.8, 4) is 5.75 Å². The van der Waals surface area contributed by atoms with Gasteiger partial charge in [-0.3, -0.25) is 4.79 Å². The molecule has 0 atom stereocenters. The Morgan fingerprint density at radius 3 is 2.57 bits per heavy atom. The summed E-state index contributed by atoms with van der Waals surface area (Å²) in [5.41, 5.74) is 0.288. The summed E-state index contributed by atoms with van der Waals surface area (Å²) in [6, 6.07) is 7.37. The predicted molar refractivity (Wildman–Crippen MR) is 80.6 cm³/mol. The number of carbonyl (C=O) groups excluding carboxylic acids is 2. The highest BCUT2D eigenvalue weighted by Crippen LogP contribution is 2.13. The number of amides is 1. The lowest BCUT2D eigenvalue weighted by Crippen LogP contribution is -2.35. The molecule has 0 fully saturated rings. The quantitative estimate of drug-likeness (QED) is 0.876. The minimum absolute atomic E-state index is 0.0478. The summed E-state index contributed by atoms with van der Waals surface area (Å²) in [6.45, 7) is 7.75. The number of hydrogen-bond donors (Lipinski definition) is 1. The van der Waals surface area contributed by atoms with Crippen LogP contribution in [0.5, 0.6) is 5.75 Å².